The molecular formula is C18H17N3O5S. The van der Waals surface area contributed by atoms with Crippen LogP contribution in [0, 0.1) is 0 Å². The summed E-state index contributed by atoms with van der Waals surface area (Å²) in [6, 6.07) is 12.6. The van der Waals surface area contributed by atoms with Crippen molar-refractivity contribution in [2.45, 2.75) is 11.8 Å². The summed E-state index contributed by atoms with van der Waals surface area (Å²) in [5.74, 6) is 0.490. The van der Waals surface area contributed by atoms with E-state index in [0.29, 0.717) is 12.2 Å². The minimum atomic E-state index is -3.32. The molecule has 1 N–H and O–H groups in total. The lowest BCUT2D eigenvalue weighted by molar-refractivity contribution is 0.102. The predicted molar refractivity (Wildman–Crippen MR) is 98.4 cm³/mol. The maximum atomic E-state index is 12.2. The van der Waals surface area contributed by atoms with Gasteiger partial charge < -0.3 is 9.15 Å². The summed E-state index contributed by atoms with van der Waals surface area (Å²) in [6.45, 7) is 2.47. The molecule has 0 aliphatic rings. The SMILES string of the molecule is CCOc1ccc(-c2nnc(NC(=O)c3ccc(S(C)(=O)=O)cc3)o2)cc1. The van der Waals surface area contributed by atoms with Crippen molar-refractivity contribution in [1.29, 1.82) is 0 Å². The van der Waals surface area contributed by atoms with Gasteiger partial charge in [-0.05, 0) is 55.5 Å². The number of hydrogen-bond donors (Lipinski definition) is 1. The topological polar surface area (TPSA) is 111 Å². The second-order valence-corrected chi connectivity index (χ2v) is 7.64. The van der Waals surface area contributed by atoms with Gasteiger partial charge in [-0.15, -0.1) is 5.10 Å². The van der Waals surface area contributed by atoms with Gasteiger partial charge in [0, 0.05) is 17.4 Å². The fourth-order valence-electron chi connectivity index (χ4n) is 2.27. The van der Waals surface area contributed by atoms with Crippen LogP contribution in [0.1, 0.15) is 17.3 Å². The zero-order valence-electron chi connectivity index (χ0n) is 14.7. The Labute approximate surface area is 156 Å². The minimum Gasteiger partial charge on any atom is -0.494 e. The highest BCUT2D eigenvalue weighted by Gasteiger charge is 2.14. The quantitative estimate of drug-likeness (QED) is 0.692. The summed E-state index contributed by atoms with van der Waals surface area (Å²) in [4.78, 5) is 12.4. The van der Waals surface area contributed by atoms with Gasteiger partial charge in [0.15, 0.2) is 9.84 Å². The van der Waals surface area contributed by atoms with Crippen LogP contribution in [-0.2, 0) is 9.84 Å². The first-order valence-electron chi connectivity index (χ1n) is 8.05. The lowest BCUT2D eigenvalue weighted by Crippen LogP contribution is -2.12. The number of ether oxygens (including phenoxy) is 1. The molecule has 9 heteroatoms. The number of aromatic nitrogens is 2. The smallest absolute Gasteiger partial charge is 0.322 e. The maximum Gasteiger partial charge on any atom is 0.322 e. The molecule has 140 valence electrons. The van der Waals surface area contributed by atoms with E-state index in [1.807, 2.05) is 6.92 Å². The van der Waals surface area contributed by atoms with E-state index in [1.165, 1.54) is 24.3 Å². The van der Waals surface area contributed by atoms with Gasteiger partial charge in [0.05, 0.1) is 11.5 Å². The Morgan fingerprint density at radius 1 is 1.07 bits per heavy atom. The van der Waals surface area contributed by atoms with Gasteiger partial charge >= 0.3 is 6.01 Å². The molecule has 1 aromatic heterocycles. The van der Waals surface area contributed by atoms with E-state index in [1.54, 1.807) is 24.3 Å². The third-order valence-corrected chi connectivity index (χ3v) is 4.73. The Morgan fingerprint density at radius 3 is 2.33 bits per heavy atom. The lowest BCUT2D eigenvalue weighted by atomic mass is 10.2. The van der Waals surface area contributed by atoms with E-state index < -0.39 is 15.7 Å². The molecule has 1 amide bonds. The summed E-state index contributed by atoms with van der Waals surface area (Å²) in [5.41, 5.74) is 0.951. The van der Waals surface area contributed by atoms with Crippen molar-refractivity contribution in [1.82, 2.24) is 10.2 Å². The highest BCUT2D eigenvalue weighted by Crippen LogP contribution is 2.23. The number of nitrogens with one attached hydrogen (secondary N) is 1. The first-order valence-corrected chi connectivity index (χ1v) is 9.94. The number of amides is 1. The summed E-state index contributed by atoms with van der Waals surface area (Å²) >= 11 is 0. The molecule has 0 atom stereocenters. The number of rotatable bonds is 6. The molecule has 3 aromatic rings. The van der Waals surface area contributed by atoms with Crippen molar-refractivity contribution in [3.8, 4) is 17.2 Å². The number of benzene rings is 2. The highest BCUT2D eigenvalue weighted by atomic mass is 32.2. The second kappa shape index (κ2) is 7.58. The number of carbonyl (C=O) groups excluding carboxylic acids is 1. The van der Waals surface area contributed by atoms with Crippen LogP contribution in [0.2, 0.25) is 0 Å². The van der Waals surface area contributed by atoms with Crippen LogP contribution in [0.3, 0.4) is 0 Å². The van der Waals surface area contributed by atoms with Crippen LogP contribution < -0.4 is 10.1 Å². The normalized spacial score (nSPS) is 11.2. The molecule has 1 heterocycles. The molecule has 8 nitrogen and oxygen atoms in total. The van der Waals surface area contributed by atoms with Gasteiger partial charge in [-0.1, -0.05) is 5.10 Å². The van der Waals surface area contributed by atoms with Crippen LogP contribution in [-0.4, -0.2) is 37.4 Å². The molecule has 0 aliphatic carbocycles. The van der Waals surface area contributed by atoms with Crippen LogP contribution in [0.15, 0.2) is 57.8 Å². The summed E-state index contributed by atoms with van der Waals surface area (Å²) in [6.07, 6.45) is 1.10. The maximum absolute atomic E-state index is 12.2. The molecule has 0 fully saturated rings. The predicted octanol–water partition coefficient (Wildman–Crippen LogP) is 2.79. The molecule has 2 aromatic carbocycles. The molecule has 0 unspecified atom stereocenters. The molecule has 0 spiro atoms. The number of anilines is 1. The zero-order valence-corrected chi connectivity index (χ0v) is 15.5. The average Bonchev–Trinajstić information content (AvgIpc) is 3.10. The molecule has 0 radical (unpaired) electrons. The minimum absolute atomic E-state index is 0.0592. The van der Waals surface area contributed by atoms with Crippen molar-refractivity contribution in [2.24, 2.45) is 0 Å². The van der Waals surface area contributed by atoms with E-state index in [4.69, 9.17) is 9.15 Å². The van der Waals surface area contributed by atoms with Crippen molar-refractivity contribution >= 4 is 21.8 Å². The van der Waals surface area contributed by atoms with E-state index in [2.05, 4.69) is 15.5 Å². The number of hydrogen-bond acceptors (Lipinski definition) is 7. The Kier molecular flexibility index (Phi) is 5.22. The summed E-state index contributed by atoms with van der Waals surface area (Å²) in [5, 5.41) is 10.2. The molecule has 0 bridgehead atoms. The van der Waals surface area contributed by atoms with Crippen molar-refractivity contribution in [3.63, 3.8) is 0 Å². The van der Waals surface area contributed by atoms with Crippen LogP contribution >= 0.6 is 0 Å². The Hall–Kier alpha value is -3.20. The first kappa shape index (κ1) is 18.6. The van der Waals surface area contributed by atoms with Gasteiger partial charge in [-0.2, -0.15) is 0 Å². The molecule has 0 aliphatic heterocycles. The third-order valence-electron chi connectivity index (χ3n) is 3.60. The van der Waals surface area contributed by atoms with Gasteiger partial charge in [0.25, 0.3) is 5.91 Å². The fraction of sp³-hybridized carbons (Fsp3) is 0.167. The monoisotopic (exact) mass is 387 g/mol. The van der Waals surface area contributed by atoms with E-state index in [0.717, 1.165) is 12.0 Å². The van der Waals surface area contributed by atoms with E-state index >= 15 is 0 Å². The number of sulfone groups is 1. The Morgan fingerprint density at radius 2 is 1.74 bits per heavy atom. The molecule has 3 rings (SSSR count). The Balaban J connectivity index is 1.70. The van der Waals surface area contributed by atoms with E-state index in [-0.39, 0.29) is 22.4 Å². The largest absolute Gasteiger partial charge is 0.494 e. The zero-order chi connectivity index (χ0) is 19.4. The fourth-order valence-corrected chi connectivity index (χ4v) is 2.90. The van der Waals surface area contributed by atoms with Gasteiger partial charge in [0.1, 0.15) is 5.75 Å². The van der Waals surface area contributed by atoms with Crippen LogP contribution in [0.25, 0.3) is 11.5 Å². The first-order chi connectivity index (χ1) is 12.9. The lowest BCUT2D eigenvalue weighted by Gasteiger charge is -2.03. The molecule has 27 heavy (non-hydrogen) atoms. The number of carbonyl (C=O) groups is 1. The molecular weight excluding hydrogens is 370 g/mol. The molecule has 0 saturated carbocycles. The van der Waals surface area contributed by atoms with Crippen molar-refractivity contribution in [2.75, 3.05) is 18.2 Å². The molecule has 0 saturated heterocycles. The van der Waals surface area contributed by atoms with Crippen molar-refractivity contribution in [3.05, 3.63) is 54.1 Å². The summed E-state index contributed by atoms with van der Waals surface area (Å²) in [7, 11) is -3.32. The highest BCUT2D eigenvalue weighted by molar-refractivity contribution is 7.90. The van der Waals surface area contributed by atoms with Gasteiger partial charge in [0.2, 0.25) is 5.89 Å². The Bertz CT molecular complexity index is 1040. The average molecular weight is 387 g/mol. The number of nitrogens with zero attached hydrogens (tertiary/aromatic N) is 2. The van der Waals surface area contributed by atoms with Crippen molar-refractivity contribution < 1.29 is 22.4 Å². The second-order valence-electron chi connectivity index (χ2n) is 5.62. The summed E-state index contributed by atoms with van der Waals surface area (Å²) < 4.78 is 33.7. The van der Waals surface area contributed by atoms with E-state index in [9.17, 15) is 13.2 Å². The van der Waals surface area contributed by atoms with Gasteiger partial charge in [-0.3, -0.25) is 10.1 Å². The third kappa shape index (κ3) is 4.50. The van der Waals surface area contributed by atoms with Crippen LogP contribution in [0.5, 0.6) is 5.75 Å². The van der Waals surface area contributed by atoms with Crippen LogP contribution in [0.4, 0.5) is 6.01 Å². The van der Waals surface area contributed by atoms with Gasteiger partial charge in [-0.25, -0.2) is 8.42 Å². The standard InChI is InChI=1S/C18H17N3O5S/c1-3-25-14-8-4-13(5-9-14)17-20-21-18(26-17)19-16(22)12-6-10-15(11-7-12)27(2,23)24/h4-11H,3H2,1-2H3,(H,19,21,22).